The normalized spacial score (nSPS) is 24.2. The first-order chi connectivity index (χ1) is 5.59. The van der Waals surface area contributed by atoms with Crippen molar-refractivity contribution in [2.45, 2.75) is 32.0 Å². The molecule has 0 spiro atoms. The number of rotatable bonds is 3. The highest BCUT2D eigenvalue weighted by Crippen LogP contribution is 2.27. The van der Waals surface area contributed by atoms with E-state index >= 15 is 0 Å². The summed E-state index contributed by atoms with van der Waals surface area (Å²) in [6.45, 7) is 4.20. The smallest absolute Gasteiger partial charge is 0.144 e. The van der Waals surface area contributed by atoms with Gasteiger partial charge in [-0.1, -0.05) is 0 Å². The zero-order chi connectivity index (χ0) is 9.19. The van der Waals surface area contributed by atoms with Gasteiger partial charge in [-0.2, -0.15) is 0 Å². The number of aliphatic hydroxyl groups is 1. The molecule has 0 aliphatic carbocycles. The van der Waals surface area contributed by atoms with Crippen LogP contribution in [-0.2, 0) is 9.47 Å². The molecule has 1 aliphatic heterocycles. The Kier molecular flexibility index (Phi) is 2.75. The van der Waals surface area contributed by atoms with E-state index in [2.05, 4.69) is 0 Å². The molecule has 0 amide bonds. The predicted molar refractivity (Wildman–Crippen MR) is 45.7 cm³/mol. The standard InChI is InChI=1S/C9H16O3/c1-7(11-3)9(2,10)8-5-4-6-12-8/h5,7,10H,4,6H2,1-3H3. The lowest BCUT2D eigenvalue weighted by molar-refractivity contribution is -0.0747. The second kappa shape index (κ2) is 3.46. The Balaban J connectivity index is 2.69. The summed E-state index contributed by atoms with van der Waals surface area (Å²) in [7, 11) is 1.58. The molecule has 0 radical (unpaired) electrons. The highest BCUT2D eigenvalue weighted by atomic mass is 16.5. The van der Waals surface area contributed by atoms with Crippen LogP contribution in [-0.4, -0.2) is 30.5 Å². The maximum atomic E-state index is 9.96. The van der Waals surface area contributed by atoms with Gasteiger partial charge in [-0.15, -0.1) is 0 Å². The van der Waals surface area contributed by atoms with Crippen LogP contribution in [0.15, 0.2) is 11.8 Å². The van der Waals surface area contributed by atoms with Crippen molar-refractivity contribution in [3.63, 3.8) is 0 Å². The van der Waals surface area contributed by atoms with Crippen LogP contribution in [0, 0.1) is 0 Å². The fourth-order valence-electron chi connectivity index (χ4n) is 1.20. The Morgan fingerprint density at radius 1 is 1.75 bits per heavy atom. The van der Waals surface area contributed by atoms with Crippen LogP contribution >= 0.6 is 0 Å². The third kappa shape index (κ3) is 1.62. The van der Waals surface area contributed by atoms with Crippen LogP contribution in [0.5, 0.6) is 0 Å². The molecule has 1 heterocycles. The quantitative estimate of drug-likeness (QED) is 0.692. The lowest BCUT2D eigenvalue weighted by atomic mass is 9.98. The Hall–Kier alpha value is -0.540. The molecule has 12 heavy (non-hydrogen) atoms. The van der Waals surface area contributed by atoms with Crippen molar-refractivity contribution in [2.24, 2.45) is 0 Å². The first-order valence-electron chi connectivity index (χ1n) is 4.17. The maximum Gasteiger partial charge on any atom is 0.144 e. The molecule has 0 aromatic rings. The van der Waals surface area contributed by atoms with E-state index in [1.807, 2.05) is 13.0 Å². The fourth-order valence-corrected chi connectivity index (χ4v) is 1.20. The largest absolute Gasteiger partial charge is 0.495 e. The minimum Gasteiger partial charge on any atom is -0.495 e. The first-order valence-corrected chi connectivity index (χ1v) is 4.17. The minimum absolute atomic E-state index is 0.248. The van der Waals surface area contributed by atoms with Crippen LogP contribution in [0.3, 0.4) is 0 Å². The molecule has 3 heteroatoms. The van der Waals surface area contributed by atoms with Crippen LogP contribution in [0.1, 0.15) is 20.3 Å². The molecular formula is C9H16O3. The van der Waals surface area contributed by atoms with Gasteiger partial charge in [-0.3, -0.25) is 0 Å². The van der Waals surface area contributed by atoms with E-state index < -0.39 is 5.60 Å². The molecule has 70 valence electrons. The summed E-state index contributed by atoms with van der Waals surface area (Å²) in [4.78, 5) is 0. The van der Waals surface area contributed by atoms with Gasteiger partial charge in [0.25, 0.3) is 0 Å². The third-order valence-corrected chi connectivity index (χ3v) is 2.35. The summed E-state index contributed by atoms with van der Waals surface area (Å²) in [6.07, 6.45) is 2.54. The molecule has 3 nitrogen and oxygen atoms in total. The average molecular weight is 172 g/mol. The van der Waals surface area contributed by atoms with Crippen molar-refractivity contribution in [1.82, 2.24) is 0 Å². The zero-order valence-corrected chi connectivity index (χ0v) is 7.83. The van der Waals surface area contributed by atoms with Gasteiger partial charge in [-0.25, -0.2) is 0 Å². The fraction of sp³-hybridized carbons (Fsp3) is 0.778. The monoisotopic (exact) mass is 172 g/mol. The maximum absolute atomic E-state index is 9.96. The van der Waals surface area contributed by atoms with Crippen LogP contribution in [0.25, 0.3) is 0 Å². The molecule has 2 atom stereocenters. The van der Waals surface area contributed by atoms with Crippen molar-refractivity contribution in [1.29, 1.82) is 0 Å². The van der Waals surface area contributed by atoms with Crippen molar-refractivity contribution in [2.75, 3.05) is 13.7 Å². The van der Waals surface area contributed by atoms with E-state index in [0.717, 1.165) is 6.42 Å². The van der Waals surface area contributed by atoms with Crippen LogP contribution in [0.4, 0.5) is 0 Å². The highest BCUT2D eigenvalue weighted by molar-refractivity contribution is 5.13. The van der Waals surface area contributed by atoms with Gasteiger partial charge in [0.2, 0.25) is 0 Å². The van der Waals surface area contributed by atoms with Gasteiger partial charge in [0.15, 0.2) is 0 Å². The lowest BCUT2D eigenvalue weighted by Gasteiger charge is -2.29. The van der Waals surface area contributed by atoms with Gasteiger partial charge in [0.1, 0.15) is 11.4 Å². The summed E-state index contributed by atoms with van der Waals surface area (Å²) in [5.74, 6) is 0.636. The van der Waals surface area contributed by atoms with Gasteiger partial charge < -0.3 is 14.6 Å². The van der Waals surface area contributed by atoms with Crippen molar-refractivity contribution in [3.05, 3.63) is 11.8 Å². The van der Waals surface area contributed by atoms with Crippen molar-refractivity contribution >= 4 is 0 Å². The third-order valence-electron chi connectivity index (χ3n) is 2.35. The topological polar surface area (TPSA) is 38.7 Å². The Labute approximate surface area is 73.0 Å². The summed E-state index contributed by atoms with van der Waals surface area (Å²) in [6, 6.07) is 0. The number of methoxy groups -OCH3 is 1. The van der Waals surface area contributed by atoms with E-state index in [0.29, 0.717) is 12.4 Å². The molecular weight excluding hydrogens is 156 g/mol. The zero-order valence-electron chi connectivity index (χ0n) is 7.83. The van der Waals surface area contributed by atoms with Gasteiger partial charge in [-0.05, 0) is 19.9 Å². The second-order valence-electron chi connectivity index (χ2n) is 3.23. The number of hydrogen-bond donors (Lipinski definition) is 1. The molecule has 1 rings (SSSR count). The van der Waals surface area contributed by atoms with Crippen molar-refractivity contribution < 1.29 is 14.6 Å². The van der Waals surface area contributed by atoms with E-state index in [1.165, 1.54) is 0 Å². The molecule has 0 bridgehead atoms. The number of ether oxygens (including phenoxy) is 2. The Morgan fingerprint density at radius 3 is 2.83 bits per heavy atom. The average Bonchev–Trinajstić information content (AvgIpc) is 2.55. The predicted octanol–water partition coefficient (Wildman–Crippen LogP) is 1.08. The van der Waals surface area contributed by atoms with Crippen LogP contribution < -0.4 is 0 Å². The van der Waals surface area contributed by atoms with Crippen LogP contribution in [0.2, 0.25) is 0 Å². The second-order valence-corrected chi connectivity index (χ2v) is 3.23. The molecule has 1 aliphatic rings. The summed E-state index contributed by atoms with van der Waals surface area (Å²) in [5, 5.41) is 9.96. The molecule has 0 saturated heterocycles. The van der Waals surface area contributed by atoms with E-state index in [-0.39, 0.29) is 6.10 Å². The SMILES string of the molecule is COC(C)C(C)(O)C1=CCCO1. The summed E-state index contributed by atoms with van der Waals surface area (Å²) < 4.78 is 10.3. The molecule has 0 saturated carbocycles. The van der Waals surface area contributed by atoms with E-state index in [9.17, 15) is 5.11 Å². The number of hydrogen-bond acceptors (Lipinski definition) is 3. The highest BCUT2D eigenvalue weighted by Gasteiger charge is 2.35. The van der Waals surface area contributed by atoms with Gasteiger partial charge >= 0.3 is 0 Å². The molecule has 1 N–H and O–H groups in total. The Bertz CT molecular complexity index is 184. The minimum atomic E-state index is -0.995. The van der Waals surface area contributed by atoms with E-state index in [1.54, 1.807) is 14.0 Å². The molecule has 2 unspecified atom stereocenters. The van der Waals surface area contributed by atoms with Gasteiger partial charge in [0.05, 0.1) is 12.7 Å². The lowest BCUT2D eigenvalue weighted by Crippen LogP contribution is -2.40. The first kappa shape index (κ1) is 9.55. The van der Waals surface area contributed by atoms with E-state index in [4.69, 9.17) is 9.47 Å². The Morgan fingerprint density at radius 2 is 2.42 bits per heavy atom. The molecule has 0 aromatic heterocycles. The molecule has 0 fully saturated rings. The summed E-state index contributed by atoms with van der Waals surface area (Å²) >= 11 is 0. The van der Waals surface area contributed by atoms with Gasteiger partial charge in [0, 0.05) is 13.5 Å². The molecule has 0 aromatic carbocycles. The van der Waals surface area contributed by atoms with Crippen molar-refractivity contribution in [3.8, 4) is 0 Å². The summed E-state index contributed by atoms with van der Waals surface area (Å²) in [5.41, 5.74) is -0.995.